The predicted molar refractivity (Wildman–Crippen MR) is 84.2 cm³/mol. The Morgan fingerprint density at radius 2 is 2.05 bits per heavy atom. The second-order valence-corrected chi connectivity index (χ2v) is 6.17. The molecule has 1 aromatic heterocycles. The zero-order valence-electron chi connectivity index (χ0n) is 12.5. The zero-order valence-corrected chi connectivity index (χ0v) is 13.3. The summed E-state index contributed by atoms with van der Waals surface area (Å²) in [6, 6.07) is 3.87. The van der Waals surface area contributed by atoms with Gasteiger partial charge in [-0.1, -0.05) is 38.7 Å². The topological polar surface area (TPSA) is 46.2 Å². The molecule has 0 saturated carbocycles. The highest BCUT2D eigenvalue weighted by atomic mass is 32.1. The van der Waals surface area contributed by atoms with Gasteiger partial charge in [0.1, 0.15) is 0 Å². The minimum atomic E-state index is -0.0158. The molecule has 3 nitrogen and oxygen atoms in total. The molecule has 1 amide bonds. The van der Waals surface area contributed by atoms with Gasteiger partial charge in [0.05, 0.1) is 4.88 Å². The van der Waals surface area contributed by atoms with Crippen LogP contribution in [0, 0.1) is 0 Å². The van der Waals surface area contributed by atoms with Crippen LogP contribution in [0.3, 0.4) is 0 Å². The average Bonchev–Trinajstić information content (AvgIpc) is 2.95. The summed E-state index contributed by atoms with van der Waals surface area (Å²) in [7, 11) is 0. The molecule has 0 aliphatic rings. The van der Waals surface area contributed by atoms with Crippen LogP contribution in [-0.2, 0) is 4.79 Å². The van der Waals surface area contributed by atoms with Gasteiger partial charge in [0.2, 0.25) is 5.91 Å². The second kappa shape index (κ2) is 9.70. The quantitative estimate of drug-likeness (QED) is 0.520. The van der Waals surface area contributed by atoms with Crippen LogP contribution in [0.1, 0.15) is 68.5 Å². The highest BCUT2D eigenvalue weighted by molar-refractivity contribution is 7.12. The number of carbonyl (C=O) groups excluding carboxylic acids is 2. The van der Waals surface area contributed by atoms with Gasteiger partial charge >= 0.3 is 0 Å². The molecule has 0 radical (unpaired) electrons. The third-order valence-corrected chi connectivity index (χ3v) is 4.18. The molecule has 20 heavy (non-hydrogen) atoms. The minimum Gasteiger partial charge on any atom is -0.354 e. The SMILES string of the molecule is CCCCCCC(C)NC(=O)CCC(=O)c1cccs1. The van der Waals surface area contributed by atoms with Crippen LogP contribution in [0.2, 0.25) is 0 Å². The van der Waals surface area contributed by atoms with Crippen LogP contribution >= 0.6 is 11.3 Å². The maximum absolute atomic E-state index is 11.8. The summed E-state index contributed by atoms with van der Waals surface area (Å²) >= 11 is 1.43. The van der Waals surface area contributed by atoms with Crippen molar-refractivity contribution in [3.8, 4) is 0 Å². The van der Waals surface area contributed by atoms with Gasteiger partial charge in [0.15, 0.2) is 5.78 Å². The van der Waals surface area contributed by atoms with Crippen molar-refractivity contribution in [3.63, 3.8) is 0 Å². The lowest BCUT2D eigenvalue weighted by Gasteiger charge is -2.13. The largest absolute Gasteiger partial charge is 0.354 e. The van der Waals surface area contributed by atoms with Crippen molar-refractivity contribution < 1.29 is 9.59 Å². The molecule has 1 aromatic rings. The zero-order chi connectivity index (χ0) is 14.8. The number of amides is 1. The van der Waals surface area contributed by atoms with E-state index in [0.29, 0.717) is 6.42 Å². The Morgan fingerprint density at radius 3 is 2.70 bits per heavy atom. The Bertz CT molecular complexity index is 401. The van der Waals surface area contributed by atoms with E-state index in [1.54, 1.807) is 6.07 Å². The van der Waals surface area contributed by atoms with Gasteiger partial charge in [-0.05, 0) is 24.8 Å². The van der Waals surface area contributed by atoms with Crippen LogP contribution in [0.25, 0.3) is 0 Å². The van der Waals surface area contributed by atoms with Gasteiger partial charge < -0.3 is 5.32 Å². The fourth-order valence-electron chi connectivity index (χ4n) is 2.08. The molecule has 4 heteroatoms. The summed E-state index contributed by atoms with van der Waals surface area (Å²) in [6.07, 6.45) is 6.48. The first-order valence-corrected chi connectivity index (χ1v) is 8.37. The fraction of sp³-hybridized carbons (Fsp3) is 0.625. The monoisotopic (exact) mass is 295 g/mol. The molecule has 0 bridgehead atoms. The number of thiophene rings is 1. The van der Waals surface area contributed by atoms with E-state index >= 15 is 0 Å². The Labute approximate surface area is 125 Å². The minimum absolute atomic E-state index is 0.0158. The first-order chi connectivity index (χ1) is 9.63. The van der Waals surface area contributed by atoms with Crippen molar-refractivity contribution in [2.24, 2.45) is 0 Å². The summed E-state index contributed by atoms with van der Waals surface area (Å²) in [6.45, 7) is 4.22. The van der Waals surface area contributed by atoms with E-state index < -0.39 is 0 Å². The predicted octanol–water partition coefficient (Wildman–Crippen LogP) is 4.19. The number of ketones is 1. The lowest BCUT2D eigenvalue weighted by Crippen LogP contribution is -2.32. The maximum Gasteiger partial charge on any atom is 0.220 e. The number of rotatable bonds is 10. The van der Waals surface area contributed by atoms with Crippen molar-refractivity contribution in [3.05, 3.63) is 22.4 Å². The summed E-state index contributed by atoms with van der Waals surface area (Å²) in [5.74, 6) is 0.0450. The Hall–Kier alpha value is -1.16. The number of Topliss-reactive ketones (excluding diaryl/α,β-unsaturated/α-hetero) is 1. The summed E-state index contributed by atoms with van der Waals surface area (Å²) in [5, 5.41) is 4.85. The van der Waals surface area contributed by atoms with Crippen LogP contribution in [0.15, 0.2) is 17.5 Å². The van der Waals surface area contributed by atoms with Crippen LogP contribution < -0.4 is 5.32 Å². The second-order valence-electron chi connectivity index (χ2n) is 5.22. The molecule has 1 rings (SSSR count). The molecule has 0 spiro atoms. The van der Waals surface area contributed by atoms with E-state index in [-0.39, 0.29) is 24.2 Å². The molecular formula is C16H25NO2S. The maximum atomic E-state index is 11.8. The van der Waals surface area contributed by atoms with E-state index in [4.69, 9.17) is 0 Å². The normalized spacial score (nSPS) is 12.1. The third kappa shape index (κ3) is 6.85. The molecule has 1 unspecified atom stereocenters. The molecule has 112 valence electrons. The molecule has 0 aliphatic carbocycles. The van der Waals surface area contributed by atoms with E-state index in [2.05, 4.69) is 12.2 Å². The van der Waals surface area contributed by atoms with Crippen molar-refractivity contribution >= 4 is 23.0 Å². The van der Waals surface area contributed by atoms with Gasteiger partial charge in [-0.3, -0.25) is 9.59 Å². The molecular weight excluding hydrogens is 270 g/mol. The molecule has 0 fully saturated rings. The first-order valence-electron chi connectivity index (χ1n) is 7.49. The molecule has 1 heterocycles. The van der Waals surface area contributed by atoms with Crippen LogP contribution in [0.5, 0.6) is 0 Å². The molecule has 0 saturated heterocycles. The highest BCUT2D eigenvalue weighted by Crippen LogP contribution is 2.12. The van der Waals surface area contributed by atoms with Crippen molar-refractivity contribution in [2.45, 2.75) is 64.8 Å². The van der Waals surface area contributed by atoms with Crippen molar-refractivity contribution in [1.82, 2.24) is 5.32 Å². The van der Waals surface area contributed by atoms with E-state index in [0.717, 1.165) is 17.7 Å². The molecule has 1 N–H and O–H groups in total. The number of nitrogens with one attached hydrogen (secondary N) is 1. The van der Waals surface area contributed by atoms with Gasteiger partial charge in [0.25, 0.3) is 0 Å². The Balaban J connectivity index is 2.15. The summed E-state index contributed by atoms with van der Waals surface area (Å²) in [4.78, 5) is 24.3. The van der Waals surface area contributed by atoms with Gasteiger partial charge in [0, 0.05) is 18.9 Å². The van der Waals surface area contributed by atoms with E-state index in [9.17, 15) is 9.59 Å². The Morgan fingerprint density at radius 1 is 1.25 bits per heavy atom. The van der Waals surface area contributed by atoms with Crippen molar-refractivity contribution in [2.75, 3.05) is 0 Å². The van der Waals surface area contributed by atoms with Crippen molar-refractivity contribution in [1.29, 1.82) is 0 Å². The molecule has 0 aromatic carbocycles. The van der Waals surface area contributed by atoms with Gasteiger partial charge in [-0.15, -0.1) is 11.3 Å². The number of hydrogen-bond acceptors (Lipinski definition) is 3. The van der Waals surface area contributed by atoms with Gasteiger partial charge in [-0.2, -0.15) is 0 Å². The van der Waals surface area contributed by atoms with Crippen LogP contribution in [-0.4, -0.2) is 17.7 Å². The lowest BCUT2D eigenvalue weighted by atomic mass is 10.1. The molecule has 1 atom stereocenters. The van der Waals surface area contributed by atoms with E-state index in [1.807, 2.05) is 18.4 Å². The standard InChI is InChI=1S/C16H25NO2S/c1-3-4-5-6-8-13(2)17-16(19)11-10-14(18)15-9-7-12-20-15/h7,9,12-13H,3-6,8,10-11H2,1-2H3,(H,17,19). The van der Waals surface area contributed by atoms with Crippen LogP contribution in [0.4, 0.5) is 0 Å². The third-order valence-electron chi connectivity index (χ3n) is 3.27. The highest BCUT2D eigenvalue weighted by Gasteiger charge is 2.11. The lowest BCUT2D eigenvalue weighted by molar-refractivity contribution is -0.121. The molecule has 0 aliphatic heterocycles. The summed E-state index contributed by atoms with van der Waals surface area (Å²) < 4.78 is 0. The first kappa shape index (κ1) is 16.9. The number of unbranched alkanes of at least 4 members (excludes halogenated alkanes) is 3. The van der Waals surface area contributed by atoms with E-state index in [1.165, 1.54) is 30.6 Å². The number of hydrogen-bond donors (Lipinski definition) is 1. The summed E-state index contributed by atoms with van der Waals surface area (Å²) in [5.41, 5.74) is 0. The Kier molecular flexibility index (Phi) is 8.19. The average molecular weight is 295 g/mol. The fourth-order valence-corrected chi connectivity index (χ4v) is 2.78. The smallest absolute Gasteiger partial charge is 0.220 e. The number of carbonyl (C=O) groups is 2. The van der Waals surface area contributed by atoms with Gasteiger partial charge in [-0.25, -0.2) is 0 Å².